The smallest absolute Gasteiger partial charge is 0.0409 e. The van der Waals surface area contributed by atoms with E-state index >= 15 is 0 Å². The molecule has 0 N–H and O–H groups in total. The lowest BCUT2D eigenvalue weighted by Crippen LogP contribution is -1.84. The number of halogens is 1. The highest BCUT2D eigenvalue weighted by atomic mass is 35.5. The molecule has 0 nitrogen and oxygen atoms in total. The largest absolute Gasteiger partial charge is 0.0912 e. The van der Waals surface area contributed by atoms with Crippen molar-refractivity contribution < 1.29 is 0 Å². The van der Waals surface area contributed by atoms with E-state index in [1.807, 2.05) is 56.4 Å². The lowest BCUT2D eigenvalue weighted by molar-refractivity contribution is 1.43. The molecule has 0 saturated carbocycles. The lowest BCUT2D eigenvalue weighted by atomic mass is 10.0. The summed E-state index contributed by atoms with van der Waals surface area (Å²) in [5.41, 5.74) is 3.29. The molecule has 1 rings (SSSR count). The minimum Gasteiger partial charge on any atom is -0.0912 e. The summed E-state index contributed by atoms with van der Waals surface area (Å²) in [6.07, 6.45) is 7.95. The van der Waals surface area contributed by atoms with Gasteiger partial charge in [-0.1, -0.05) is 48.6 Å². The van der Waals surface area contributed by atoms with Gasteiger partial charge in [-0.2, -0.15) is 0 Å². The van der Waals surface area contributed by atoms with Gasteiger partial charge < -0.3 is 0 Å². The predicted octanol–water partition coefficient (Wildman–Crippen LogP) is 4.79. The predicted molar refractivity (Wildman–Crippen MR) is 69.2 cm³/mol. The van der Waals surface area contributed by atoms with Gasteiger partial charge in [0.25, 0.3) is 0 Å². The summed E-state index contributed by atoms with van der Waals surface area (Å²) in [4.78, 5) is 0. The highest BCUT2D eigenvalue weighted by molar-refractivity contribution is 6.30. The van der Waals surface area contributed by atoms with Gasteiger partial charge in [0.05, 0.1) is 0 Å². The molecule has 0 saturated heterocycles. The molecular weight excluding hydrogens is 204 g/mol. The zero-order valence-electron chi connectivity index (χ0n) is 9.13. The van der Waals surface area contributed by atoms with Gasteiger partial charge in [-0.3, -0.25) is 0 Å². The van der Waals surface area contributed by atoms with Gasteiger partial charge in [-0.15, -0.1) is 0 Å². The summed E-state index contributed by atoms with van der Waals surface area (Å²) in [7, 11) is 0. The van der Waals surface area contributed by atoms with E-state index < -0.39 is 0 Å². The van der Waals surface area contributed by atoms with Crippen LogP contribution in [0, 0.1) is 6.92 Å². The highest BCUT2D eigenvalue weighted by Gasteiger charge is 2.00. The van der Waals surface area contributed by atoms with Crippen molar-refractivity contribution in [3.05, 3.63) is 65.2 Å². The third-order valence-electron chi connectivity index (χ3n) is 2.14. The SMILES string of the molecule is C=C(/C=C\C=C/C)c1ccc(Cl)cc1C. The van der Waals surface area contributed by atoms with Gasteiger partial charge in [-0.25, -0.2) is 0 Å². The Bertz CT molecular complexity index is 411. The lowest BCUT2D eigenvalue weighted by Gasteiger charge is -2.05. The third-order valence-corrected chi connectivity index (χ3v) is 2.37. The van der Waals surface area contributed by atoms with Crippen LogP contribution in [0.25, 0.3) is 5.57 Å². The van der Waals surface area contributed by atoms with Crippen LogP contribution in [-0.4, -0.2) is 0 Å². The van der Waals surface area contributed by atoms with Gasteiger partial charge in [0.15, 0.2) is 0 Å². The van der Waals surface area contributed by atoms with Crippen molar-refractivity contribution in [2.75, 3.05) is 0 Å². The van der Waals surface area contributed by atoms with Crippen LogP contribution in [0.4, 0.5) is 0 Å². The van der Waals surface area contributed by atoms with Gasteiger partial charge in [0, 0.05) is 5.02 Å². The summed E-state index contributed by atoms with van der Waals surface area (Å²) < 4.78 is 0. The quantitative estimate of drug-likeness (QED) is 0.640. The van der Waals surface area contributed by atoms with Crippen LogP contribution in [0.3, 0.4) is 0 Å². The molecule has 0 aromatic heterocycles. The van der Waals surface area contributed by atoms with Crippen LogP contribution in [0.5, 0.6) is 0 Å². The molecule has 0 fully saturated rings. The second kappa shape index (κ2) is 5.57. The molecule has 0 amide bonds. The second-order valence-corrected chi connectivity index (χ2v) is 3.81. The maximum absolute atomic E-state index is 5.89. The Hall–Kier alpha value is -1.27. The van der Waals surface area contributed by atoms with Crippen molar-refractivity contribution in [3.63, 3.8) is 0 Å². The number of hydrogen-bond donors (Lipinski definition) is 0. The minimum atomic E-state index is 0.765. The second-order valence-electron chi connectivity index (χ2n) is 3.37. The summed E-state index contributed by atoms with van der Waals surface area (Å²) in [6, 6.07) is 5.84. The first-order valence-electron chi connectivity index (χ1n) is 4.90. The van der Waals surface area contributed by atoms with Crippen LogP contribution >= 0.6 is 11.6 Å². The molecule has 0 bridgehead atoms. The molecule has 0 unspecified atom stereocenters. The number of rotatable bonds is 3. The normalized spacial score (nSPS) is 11.4. The summed E-state index contributed by atoms with van der Waals surface area (Å²) in [5.74, 6) is 0. The summed E-state index contributed by atoms with van der Waals surface area (Å²) >= 11 is 5.89. The number of aryl methyl sites for hydroxylation is 1. The van der Waals surface area contributed by atoms with E-state index in [-0.39, 0.29) is 0 Å². The van der Waals surface area contributed by atoms with Crippen molar-refractivity contribution in [2.45, 2.75) is 13.8 Å². The molecule has 1 aromatic rings. The van der Waals surface area contributed by atoms with E-state index in [9.17, 15) is 0 Å². The first-order chi connectivity index (χ1) is 7.15. The Labute approximate surface area is 96.6 Å². The maximum Gasteiger partial charge on any atom is 0.0409 e. The summed E-state index contributed by atoms with van der Waals surface area (Å²) in [6.45, 7) is 8.05. The van der Waals surface area contributed by atoms with Crippen molar-refractivity contribution in [2.24, 2.45) is 0 Å². The van der Waals surface area contributed by atoms with Crippen LogP contribution in [0.2, 0.25) is 5.02 Å². The van der Waals surface area contributed by atoms with Gasteiger partial charge >= 0.3 is 0 Å². The molecule has 1 aromatic carbocycles. The molecular formula is C14H15Cl. The van der Waals surface area contributed by atoms with Crippen LogP contribution < -0.4 is 0 Å². The molecule has 0 aliphatic rings. The molecule has 0 aliphatic heterocycles. The van der Waals surface area contributed by atoms with Crippen LogP contribution in [0.1, 0.15) is 18.1 Å². The zero-order chi connectivity index (χ0) is 11.3. The Morgan fingerprint density at radius 2 is 2.07 bits per heavy atom. The van der Waals surface area contributed by atoms with E-state index in [4.69, 9.17) is 11.6 Å². The molecule has 0 atom stereocenters. The fraction of sp³-hybridized carbons (Fsp3) is 0.143. The van der Waals surface area contributed by atoms with Crippen molar-refractivity contribution in [1.29, 1.82) is 0 Å². The maximum atomic E-state index is 5.89. The van der Waals surface area contributed by atoms with Gasteiger partial charge in [0.1, 0.15) is 0 Å². The van der Waals surface area contributed by atoms with Gasteiger partial charge in [-0.05, 0) is 42.7 Å². The molecule has 0 heterocycles. The summed E-state index contributed by atoms with van der Waals surface area (Å²) in [5, 5.41) is 0.765. The van der Waals surface area contributed by atoms with E-state index in [0.29, 0.717) is 0 Å². The van der Waals surface area contributed by atoms with Gasteiger partial charge in [0.2, 0.25) is 0 Å². The first kappa shape index (κ1) is 11.8. The number of allylic oxidation sites excluding steroid dienone is 5. The van der Waals surface area contributed by atoms with Crippen molar-refractivity contribution >= 4 is 17.2 Å². The Morgan fingerprint density at radius 1 is 1.33 bits per heavy atom. The van der Waals surface area contributed by atoms with Crippen LogP contribution in [-0.2, 0) is 0 Å². The van der Waals surface area contributed by atoms with E-state index in [1.165, 1.54) is 0 Å². The molecule has 78 valence electrons. The monoisotopic (exact) mass is 218 g/mol. The zero-order valence-corrected chi connectivity index (χ0v) is 9.88. The van der Waals surface area contributed by atoms with E-state index in [1.54, 1.807) is 0 Å². The molecule has 0 radical (unpaired) electrons. The van der Waals surface area contributed by atoms with Crippen molar-refractivity contribution in [1.82, 2.24) is 0 Å². The van der Waals surface area contributed by atoms with E-state index in [2.05, 4.69) is 6.58 Å². The molecule has 1 heteroatoms. The fourth-order valence-electron chi connectivity index (χ4n) is 1.36. The number of hydrogen-bond acceptors (Lipinski definition) is 0. The van der Waals surface area contributed by atoms with E-state index in [0.717, 1.165) is 21.7 Å². The molecule has 15 heavy (non-hydrogen) atoms. The average Bonchev–Trinajstić information content (AvgIpc) is 2.17. The highest BCUT2D eigenvalue weighted by Crippen LogP contribution is 2.21. The first-order valence-corrected chi connectivity index (χ1v) is 5.27. The Balaban J connectivity index is 2.92. The Kier molecular flexibility index (Phi) is 4.38. The van der Waals surface area contributed by atoms with Crippen LogP contribution in [0.15, 0.2) is 49.1 Å². The number of benzene rings is 1. The standard InChI is InChI=1S/C14H15Cl/c1-4-5-6-7-11(2)14-9-8-13(15)10-12(14)3/h4-10H,2H2,1,3H3/b5-4-,7-6-. The Morgan fingerprint density at radius 3 is 2.67 bits per heavy atom. The fourth-order valence-corrected chi connectivity index (χ4v) is 1.59. The van der Waals surface area contributed by atoms with Crippen molar-refractivity contribution in [3.8, 4) is 0 Å². The average molecular weight is 219 g/mol. The molecule has 0 spiro atoms. The molecule has 0 aliphatic carbocycles. The topological polar surface area (TPSA) is 0 Å². The minimum absolute atomic E-state index is 0.765. The third kappa shape index (κ3) is 3.41.